The maximum Gasteiger partial charge on any atom is 0.408 e. The van der Waals surface area contributed by atoms with E-state index >= 15 is 0 Å². The van der Waals surface area contributed by atoms with Crippen LogP contribution < -0.4 is 5.32 Å². The number of carbonyl (C=O) groups excluding carboxylic acids is 2. The summed E-state index contributed by atoms with van der Waals surface area (Å²) in [6.07, 6.45) is 2.04. The van der Waals surface area contributed by atoms with Gasteiger partial charge in [-0.05, 0) is 34.0 Å². The molecule has 0 aliphatic heterocycles. The molecule has 0 aromatic heterocycles. The zero-order valence-corrected chi connectivity index (χ0v) is 10.7. The van der Waals surface area contributed by atoms with E-state index < -0.39 is 17.2 Å². The molecule has 1 N–H and O–H groups in total. The van der Waals surface area contributed by atoms with Crippen molar-refractivity contribution in [2.75, 3.05) is 12.0 Å². The summed E-state index contributed by atoms with van der Waals surface area (Å²) in [4.78, 5) is 22.2. The Balaban J connectivity index is 4.31. The molecule has 88 valence electrons. The minimum absolute atomic E-state index is 0.524. The van der Waals surface area contributed by atoms with Crippen LogP contribution in [-0.4, -0.2) is 35.5 Å². The number of hydrogen-bond donors (Lipinski definition) is 1. The maximum atomic E-state index is 11.4. The third-order valence-corrected chi connectivity index (χ3v) is 2.38. The molecule has 1 atom stereocenters. The van der Waals surface area contributed by atoms with Crippen molar-refractivity contribution < 1.29 is 14.3 Å². The number of hydrogen-bond acceptors (Lipinski definition) is 4. The summed E-state index contributed by atoms with van der Waals surface area (Å²) >= 11 is 1.49. The molecule has 15 heavy (non-hydrogen) atoms. The third-order valence-electron chi connectivity index (χ3n) is 1.49. The lowest BCUT2D eigenvalue weighted by Gasteiger charge is -2.26. The van der Waals surface area contributed by atoms with Crippen LogP contribution in [0.4, 0.5) is 4.79 Å². The second-order valence-corrected chi connectivity index (χ2v) is 5.46. The van der Waals surface area contributed by atoms with Crippen molar-refractivity contribution in [3.63, 3.8) is 0 Å². The second-order valence-electron chi connectivity index (χ2n) is 4.60. The summed E-state index contributed by atoms with van der Waals surface area (Å²) in [7, 11) is 0. The highest BCUT2D eigenvalue weighted by Gasteiger charge is 2.27. The Hall–Kier alpha value is -0.710. The Morgan fingerprint density at radius 1 is 1.40 bits per heavy atom. The molecule has 0 radical (unpaired) electrons. The molecule has 0 saturated heterocycles. The molecule has 0 rings (SSSR count). The number of amides is 1. The van der Waals surface area contributed by atoms with E-state index in [0.29, 0.717) is 5.75 Å². The number of carbonyl (C=O) groups is 2. The Morgan fingerprint density at radius 2 is 1.93 bits per heavy atom. The maximum absolute atomic E-state index is 11.4. The van der Waals surface area contributed by atoms with Crippen LogP contribution in [0.1, 0.15) is 27.7 Å². The molecule has 5 heteroatoms. The summed E-state index contributed by atoms with van der Waals surface area (Å²) < 4.78 is 5.06. The van der Waals surface area contributed by atoms with Gasteiger partial charge in [0.2, 0.25) is 0 Å². The van der Waals surface area contributed by atoms with Crippen LogP contribution in [0.2, 0.25) is 0 Å². The van der Waals surface area contributed by atoms with Gasteiger partial charge in [0.05, 0.1) is 0 Å². The van der Waals surface area contributed by atoms with Crippen LogP contribution in [0.25, 0.3) is 0 Å². The molecule has 0 bridgehead atoms. The molecule has 1 amide bonds. The standard InChI is InChI=1S/C10H19NO3S/c1-9(2,3)14-8(13)11-10(4,6-12)7-15-5/h6H,7H2,1-5H3,(H,11,13). The van der Waals surface area contributed by atoms with E-state index in [0.717, 1.165) is 6.29 Å². The Bertz CT molecular complexity index is 237. The Kier molecular flexibility index (Phi) is 5.14. The first-order valence-electron chi connectivity index (χ1n) is 4.69. The minimum Gasteiger partial charge on any atom is -0.444 e. The van der Waals surface area contributed by atoms with Crippen LogP contribution in [-0.2, 0) is 9.53 Å². The predicted molar refractivity (Wildman–Crippen MR) is 62.2 cm³/mol. The normalized spacial score (nSPS) is 15.3. The van der Waals surface area contributed by atoms with Crippen molar-refractivity contribution in [2.45, 2.75) is 38.8 Å². The molecule has 0 aliphatic rings. The van der Waals surface area contributed by atoms with Gasteiger partial charge in [-0.1, -0.05) is 0 Å². The number of thioether (sulfide) groups is 1. The van der Waals surface area contributed by atoms with Crippen molar-refractivity contribution >= 4 is 24.1 Å². The topological polar surface area (TPSA) is 55.4 Å². The van der Waals surface area contributed by atoms with Gasteiger partial charge < -0.3 is 14.8 Å². The van der Waals surface area contributed by atoms with Gasteiger partial charge in [-0.3, -0.25) is 0 Å². The van der Waals surface area contributed by atoms with Crippen LogP contribution in [0.5, 0.6) is 0 Å². The molecule has 0 aromatic rings. The van der Waals surface area contributed by atoms with E-state index in [2.05, 4.69) is 5.32 Å². The lowest BCUT2D eigenvalue weighted by Crippen LogP contribution is -2.50. The summed E-state index contributed by atoms with van der Waals surface area (Å²) in [5.41, 5.74) is -1.41. The van der Waals surface area contributed by atoms with Gasteiger partial charge in [0.15, 0.2) is 0 Å². The van der Waals surface area contributed by atoms with E-state index in [1.165, 1.54) is 11.8 Å². The van der Waals surface area contributed by atoms with Crippen molar-refractivity contribution in [3.8, 4) is 0 Å². The monoisotopic (exact) mass is 233 g/mol. The fourth-order valence-electron chi connectivity index (χ4n) is 0.936. The van der Waals surface area contributed by atoms with Gasteiger partial charge in [0, 0.05) is 5.75 Å². The fraction of sp³-hybridized carbons (Fsp3) is 0.800. The SMILES string of the molecule is CSCC(C)(C=O)NC(=O)OC(C)(C)C. The van der Waals surface area contributed by atoms with Crippen molar-refractivity contribution in [1.82, 2.24) is 5.32 Å². The largest absolute Gasteiger partial charge is 0.444 e. The van der Waals surface area contributed by atoms with E-state index in [1.807, 2.05) is 6.26 Å². The average molecular weight is 233 g/mol. The average Bonchev–Trinajstić information content (AvgIpc) is 2.00. The summed E-state index contributed by atoms with van der Waals surface area (Å²) in [5.74, 6) is 0.524. The van der Waals surface area contributed by atoms with Crippen molar-refractivity contribution in [3.05, 3.63) is 0 Å². The van der Waals surface area contributed by atoms with Gasteiger partial charge in [0.25, 0.3) is 0 Å². The molecule has 4 nitrogen and oxygen atoms in total. The highest BCUT2D eigenvalue weighted by Crippen LogP contribution is 2.11. The Labute approximate surface area is 95.1 Å². The van der Waals surface area contributed by atoms with Crippen LogP contribution in [0.3, 0.4) is 0 Å². The molecule has 0 saturated carbocycles. The lowest BCUT2D eigenvalue weighted by atomic mass is 10.1. The summed E-state index contributed by atoms with van der Waals surface area (Å²) in [6, 6.07) is 0. The number of ether oxygens (including phenoxy) is 1. The van der Waals surface area contributed by atoms with Gasteiger partial charge in [-0.2, -0.15) is 11.8 Å². The van der Waals surface area contributed by atoms with E-state index in [4.69, 9.17) is 4.74 Å². The van der Waals surface area contributed by atoms with Crippen LogP contribution in [0.15, 0.2) is 0 Å². The smallest absolute Gasteiger partial charge is 0.408 e. The van der Waals surface area contributed by atoms with Gasteiger partial charge in [-0.15, -0.1) is 0 Å². The molecular formula is C10H19NO3S. The first-order chi connectivity index (χ1) is 6.72. The van der Waals surface area contributed by atoms with Crippen LogP contribution >= 0.6 is 11.8 Å². The number of alkyl carbamates (subject to hydrolysis) is 1. The summed E-state index contributed by atoms with van der Waals surface area (Å²) in [6.45, 7) is 7.00. The lowest BCUT2D eigenvalue weighted by molar-refractivity contribution is -0.112. The minimum atomic E-state index is -0.859. The van der Waals surface area contributed by atoms with E-state index in [-0.39, 0.29) is 0 Å². The molecule has 0 aliphatic carbocycles. The Morgan fingerprint density at radius 3 is 2.27 bits per heavy atom. The molecule has 0 fully saturated rings. The quantitative estimate of drug-likeness (QED) is 0.753. The number of rotatable bonds is 4. The van der Waals surface area contributed by atoms with Crippen molar-refractivity contribution in [1.29, 1.82) is 0 Å². The van der Waals surface area contributed by atoms with Gasteiger partial charge in [0.1, 0.15) is 17.4 Å². The molecule has 0 aromatic carbocycles. The van der Waals surface area contributed by atoms with Crippen molar-refractivity contribution in [2.24, 2.45) is 0 Å². The van der Waals surface area contributed by atoms with Gasteiger partial charge >= 0.3 is 6.09 Å². The highest BCUT2D eigenvalue weighted by atomic mass is 32.2. The third kappa shape index (κ3) is 6.38. The number of nitrogens with one attached hydrogen (secondary N) is 1. The van der Waals surface area contributed by atoms with Crippen LogP contribution in [0, 0.1) is 0 Å². The highest BCUT2D eigenvalue weighted by molar-refractivity contribution is 7.98. The van der Waals surface area contributed by atoms with E-state index in [9.17, 15) is 9.59 Å². The predicted octanol–water partition coefficient (Wildman–Crippen LogP) is 1.83. The van der Waals surface area contributed by atoms with E-state index in [1.54, 1.807) is 27.7 Å². The molecule has 0 heterocycles. The second kappa shape index (κ2) is 5.39. The zero-order valence-electron chi connectivity index (χ0n) is 9.92. The first kappa shape index (κ1) is 14.3. The molecule has 1 unspecified atom stereocenters. The fourth-order valence-corrected chi connectivity index (χ4v) is 1.68. The molecular weight excluding hydrogens is 214 g/mol. The molecule has 0 spiro atoms. The zero-order chi connectivity index (χ0) is 12.1. The number of aldehydes is 1. The van der Waals surface area contributed by atoms with Gasteiger partial charge in [-0.25, -0.2) is 4.79 Å². The summed E-state index contributed by atoms with van der Waals surface area (Å²) in [5, 5.41) is 2.55. The first-order valence-corrected chi connectivity index (χ1v) is 6.08.